The lowest BCUT2D eigenvalue weighted by Crippen LogP contribution is -2.57. The molecule has 5 aliphatic heterocycles. The summed E-state index contributed by atoms with van der Waals surface area (Å²) < 4.78 is 18.8. The fourth-order valence-corrected chi connectivity index (χ4v) is 11.0. The van der Waals surface area contributed by atoms with Crippen LogP contribution >= 0.6 is 18.7 Å². The maximum atomic E-state index is 13.3. The lowest BCUT2D eigenvalue weighted by atomic mass is 9.95. The third-order valence-electron chi connectivity index (χ3n) is 13.0. The van der Waals surface area contributed by atoms with E-state index in [1.54, 1.807) is 25.3 Å². The number of amides is 3. The van der Waals surface area contributed by atoms with E-state index in [0.29, 0.717) is 58.7 Å². The molecule has 1 atom stereocenters. The van der Waals surface area contributed by atoms with Crippen molar-refractivity contribution in [3.05, 3.63) is 83.0 Å². The van der Waals surface area contributed by atoms with Crippen molar-refractivity contribution >= 4 is 76.3 Å². The highest BCUT2D eigenvalue weighted by Gasteiger charge is 2.41. The quantitative estimate of drug-likeness (QED) is 0.124. The molecule has 0 aliphatic carbocycles. The Kier molecular flexibility index (Phi) is 11.9. The van der Waals surface area contributed by atoms with E-state index in [2.05, 4.69) is 63.7 Å². The minimum atomic E-state index is -2.55. The monoisotopic (exact) mass is 880 g/mol. The summed E-state index contributed by atoms with van der Waals surface area (Å²) in [6.45, 7) is 13.1. The Balaban J connectivity index is 0.735. The third kappa shape index (κ3) is 8.73. The van der Waals surface area contributed by atoms with Crippen molar-refractivity contribution in [1.82, 2.24) is 30.0 Å². The summed E-state index contributed by atoms with van der Waals surface area (Å²) in [5.41, 5.74) is 5.29. The number of imide groups is 1. The maximum absolute atomic E-state index is 13.3. The number of nitrogens with zero attached hydrogens (tertiary/aromatic N) is 7. The van der Waals surface area contributed by atoms with Gasteiger partial charge in [-0.25, -0.2) is 4.98 Å². The number of carbonyl (C=O) groups excluding carboxylic acids is 3. The Morgan fingerprint density at radius 1 is 0.887 bits per heavy atom. The van der Waals surface area contributed by atoms with Crippen LogP contribution < -0.4 is 35.8 Å². The molecule has 5 aliphatic rings. The van der Waals surface area contributed by atoms with Crippen molar-refractivity contribution in [3.63, 3.8) is 0 Å². The molecule has 3 amide bonds. The smallest absolute Gasteiger partial charge is 0.255 e. The molecule has 4 fully saturated rings. The number of piperidine rings is 2. The van der Waals surface area contributed by atoms with E-state index in [4.69, 9.17) is 16.3 Å². The molecule has 62 heavy (non-hydrogen) atoms. The van der Waals surface area contributed by atoms with Gasteiger partial charge in [-0.2, -0.15) is 4.98 Å². The number of aromatic nitrogens is 2. The van der Waals surface area contributed by atoms with Crippen molar-refractivity contribution in [1.29, 1.82) is 0 Å². The highest BCUT2D eigenvalue weighted by molar-refractivity contribution is 7.70. The van der Waals surface area contributed by atoms with Gasteiger partial charge >= 0.3 is 0 Å². The number of piperazine rings is 1. The van der Waals surface area contributed by atoms with Gasteiger partial charge < -0.3 is 39.5 Å². The summed E-state index contributed by atoms with van der Waals surface area (Å²) in [4.78, 5) is 58.4. The van der Waals surface area contributed by atoms with Gasteiger partial charge in [0.05, 0.1) is 24.7 Å². The summed E-state index contributed by atoms with van der Waals surface area (Å²) in [6.07, 6.45) is 4.37. The molecule has 0 radical (unpaired) electrons. The molecule has 17 heteroatoms. The molecule has 4 saturated heterocycles. The molecule has 3 N–H and O–H groups in total. The highest BCUT2D eigenvalue weighted by atomic mass is 35.5. The van der Waals surface area contributed by atoms with Gasteiger partial charge in [0, 0.05) is 118 Å². The lowest BCUT2D eigenvalue weighted by Gasteiger charge is -2.47. The van der Waals surface area contributed by atoms with Crippen molar-refractivity contribution < 1.29 is 23.7 Å². The van der Waals surface area contributed by atoms with Gasteiger partial charge in [0.15, 0.2) is 5.82 Å². The molecule has 4 aromatic rings. The van der Waals surface area contributed by atoms with Gasteiger partial charge in [-0.3, -0.25) is 24.6 Å². The number of carbonyl (C=O) groups is 3. The van der Waals surface area contributed by atoms with Crippen molar-refractivity contribution in [3.8, 4) is 5.75 Å². The van der Waals surface area contributed by atoms with E-state index in [1.807, 2.05) is 42.5 Å². The van der Waals surface area contributed by atoms with Crippen LogP contribution in [0.25, 0.3) is 0 Å². The van der Waals surface area contributed by atoms with Crippen molar-refractivity contribution in [2.24, 2.45) is 5.92 Å². The number of para-hydroxylation sites is 1. The van der Waals surface area contributed by atoms with E-state index in [0.717, 1.165) is 99.7 Å². The molecule has 1 aromatic heterocycles. The number of rotatable bonds is 12. The molecule has 15 nitrogen and oxygen atoms in total. The van der Waals surface area contributed by atoms with Gasteiger partial charge in [0.2, 0.25) is 17.8 Å². The van der Waals surface area contributed by atoms with Crippen LogP contribution in [0.2, 0.25) is 5.02 Å². The number of benzene rings is 3. The molecule has 6 heterocycles. The molecule has 0 spiro atoms. The Hall–Kier alpha value is -5.21. The van der Waals surface area contributed by atoms with Crippen LogP contribution in [0.1, 0.15) is 41.6 Å². The van der Waals surface area contributed by atoms with Gasteiger partial charge in [0.25, 0.3) is 5.91 Å². The summed E-state index contributed by atoms with van der Waals surface area (Å²) in [7, 11) is -0.884. The zero-order valence-corrected chi connectivity index (χ0v) is 37.1. The first-order chi connectivity index (χ1) is 29.9. The van der Waals surface area contributed by atoms with E-state index in [1.165, 1.54) is 6.20 Å². The molecule has 326 valence electrons. The second kappa shape index (κ2) is 17.5. The largest absolute Gasteiger partial charge is 0.494 e. The number of anilines is 6. The summed E-state index contributed by atoms with van der Waals surface area (Å²) in [6, 6.07) is 19.5. The van der Waals surface area contributed by atoms with Crippen LogP contribution in [0, 0.1) is 5.92 Å². The van der Waals surface area contributed by atoms with Gasteiger partial charge in [-0.05, 0) is 69.0 Å². The molecule has 1 unspecified atom stereocenters. The zero-order chi connectivity index (χ0) is 43.1. The average molecular weight is 881 g/mol. The predicted molar refractivity (Wildman–Crippen MR) is 244 cm³/mol. The van der Waals surface area contributed by atoms with Crippen LogP contribution in [0.3, 0.4) is 0 Å². The Morgan fingerprint density at radius 2 is 1.66 bits per heavy atom. The van der Waals surface area contributed by atoms with Crippen LogP contribution in [0.4, 0.5) is 34.5 Å². The number of halogens is 1. The molecule has 9 rings (SSSR count). The fourth-order valence-electron chi connectivity index (χ4n) is 9.70. The number of hydrogen-bond donors (Lipinski definition) is 3. The van der Waals surface area contributed by atoms with Crippen LogP contribution in [0.15, 0.2) is 66.9 Å². The third-order valence-corrected chi connectivity index (χ3v) is 14.9. The summed E-state index contributed by atoms with van der Waals surface area (Å²) in [5, 5.41) is 10.0. The van der Waals surface area contributed by atoms with Crippen molar-refractivity contribution in [2.75, 3.05) is 99.8 Å². The molecule has 0 saturated carbocycles. The normalized spacial score (nSPS) is 20.5. The SMILES string of the molecule is COc1cc(N2CCC(N3CCN(CC4CN(c5cccc6c5CN(C5CCC(=O)NC5=O)C6=O)C4)CC3)CC2)ccc1Nc1ncc(Cl)c(Nc2ccccc2P(C)(C)=O)n1. The van der Waals surface area contributed by atoms with Crippen LogP contribution in [0.5, 0.6) is 5.75 Å². The Morgan fingerprint density at radius 3 is 2.40 bits per heavy atom. The van der Waals surface area contributed by atoms with Gasteiger partial charge in [-0.15, -0.1) is 0 Å². The number of nitrogens with one attached hydrogen (secondary N) is 3. The fraction of sp³-hybridized carbons (Fsp3) is 0.444. The van der Waals surface area contributed by atoms with E-state index >= 15 is 0 Å². The van der Waals surface area contributed by atoms with Gasteiger partial charge in [-0.1, -0.05) is 29.8 Å². The first-order valence-electron chi connectivity index (χ1n) is 21.5. The zero-order valence-electron chi connectivity index (χ0n) is 35.5. The standard InChI is InChI=1S/C45H54ClN10O5P/c1-61-39-23-31(11-12-35(39)49-45-47-24-34(46)42(51-45)48-36-8-4-5-10-40(36)62(2,3)60)53-17-15-30(16-18-53)54-21-19-52(20-22-54)25-29-26-55(27-29)37-9-6-7-32-33(37)28-56(44(32)59)38-13-14-41(57)50-43(38)58/h4-12,23-24,29-30,38H,13-22,25-28H2,1-3H3,(H,50,57,58)(H2,47,48,49,51). The minimum absolute atomic E-state index is 0.124. The Bertz CT molecular complexity index is 2410. The average Bonchev–Trinajstić information content (AvgIpc) is 3.59. The first kappa shape index (κ1) is 42.1. The van der Waals surface area contributed by atoms with E-state index in [9.17, 15) is 18.9 Å². The van der Waals surface area contributed by atoms with Crippen LogP contribution in [-0.4, -0.2) is 134 Å². The van der Waals surface area contributed by atoms with E-state index < -0.39 is 13.2 Å². The second-order valence-electron chi connectivity index (χ2n) is 17.4. The molecule has 3 aromatic carbocycles. The predicted octanol–water partition coefficient (Wildman–Crippen LogP) is 5.36. The second-order valence-corrected chi connectivity index (χ2v) is 21.0. The van der Waals surface area contributed by atoms with Crippen molar-refractivity contribution in [2.45, 2.75) is 44.3 Å². The lowest BCUT2D eigenvalue weighted by molar-refractivity contribution is -0.136. The molecular weight excluding hydrogens is 827 g/mol. The molecular formula is C45H54ClN10O5P. The topological polar surface area (TPSA) is 156 Å². The number of ether oxygens (including phenoxy) is 1. The maximum Gasteiger partial charge on any atom is 0.255 e. The minimum Gasteiger partial charge on any atom is -0.494 e. The van der Waals surface area contributed by atoms with Crippen LogP contribution in [-0.2, 0) is 20.7 Å². The summed E-state index contributed by atoms with van der Waals surface area (Å²) >= 11 is 6.49. The first-order valence-corrected chi connectivity index (χ1v) is 24.5. The van der Waals surface area contributed by atoms with Gasteiger partial charge in [0.1, 0.15) is 24.0 Å². The number of hydrogen-bond acceptors (Lipinski definition) is 13. The van der Waals surface area contributed by atoms with E-state index in [-0.39, 0.29) is 24.1 Å². The number of fused-ring (bicyclic) bond motifs is 1. The number of methoxy groups -OCH3 is 1. The summed E-state index contributed by atoms with van der Waals surface area (Å²) in [5.74, 6) is 1.24. The highest BCUT2D eigenvalue weighted by Crippen LogP contribution is 2.40. The Labute approximate surface area is 367 Å². The molecule has 0 bridgehead atoms.